The summed E-state index contributed by atoms with van der Waals surface area (Å²) in [4.78, 5) is 2.40. The van der Waals surface area contributed by atoms with E-state index in [1.807, 2.05) is 0 Å². The van der Waals surface area contributed by atoms with Gasteiger partial charge in [0.15, 0.2) is 0 Å². The van der Waals surface area contributed by atoms with Crippen LogP contribution in [0.4, 0.5) is 17.1 Å². The Morgan fingerprint density at radius 1 is 0.243 bits per heavy atom. The van der Waals surface area contributed by atoms with E-state index in [0.29, 0.717) is 0 Å². The molecule has 1 aliphatic rings. The van der Waals surface area contributed by atoms with Crippen molar-refractivity contribution < 1.29 is 0 Å². The second-order valence-electron chi connectivity index (χ2n) is 18.4. The van der Waals surface area contributed by atoms with Crippen molar-refractivity contribution in [1.29, 1.82) is 0 Å². The molecule has 0 heterocycles. The number of hydrogen-bond acceptors (Lipinski definition) is 1. The molecular weight excluding hydrogens is 843 g/mol. The average molecular weight is 890 g/mol. The van der Waals surface area contributed by atoms with E-state index >= 15 is 0 Å². The standard InChI is InChI=1S/C69H47N/c1-3-22-55(23-4-1)69(56-24-5-2-6-25-56)66-33-12-11-29-65(66)68-64(32-16-34-67(68)69)54-21-13-26-59(47-54)70(58-45-41-53(42-46-58)63-31-15-20-51-18-8-10-28-61(51)63)57-43-39-49(40-44-57)48-35-37-52(38-36-48)62-30-14-19-50-17-7-9-27-60(50)62/h1-47H. The molecule has 0 saturated carbocycles. The van der Waals surface area contributed by atoms with Crippen molar-refractivity contribution in [2.45, 2.75) is 5.41 Å². The molecule has 0 N–H and O–H groups in total. The van der Waals surface area contributed by atoms with Gasteiger partial charge in [0.2, 0.25) is 0 Å². The highest BCUT2D eigenvalue weighted by atomic mass is 15.1. The van der Waals surface area contributed by atoms with Gasteiger partial charge in [-0.15, -0.1) is 0 Å². The van der Waals surface area contributed by atoms with E-state index in [1.54, 1.807) is 0 Å². The van der Waals surface area contributed by atoms with Gasteiger partial charge < -0.3 is 4.90 Å². The Bertz CT molecular complexity index is 3800. The molecule has 0 radical (unpaired) electrons. The van der Waals surface area contributed by atoms with Gasteiger partial charge in [0.05, 0.1) is 5.41 Å². The lowest BCUT2D eigenvalue weighted by Gasteiger charge is -2.34. The predicted octanol–water partition coefficient (Wildman–Crippen LogP) is 18.5. The van der Waals surface area contributed by atoms with E-state index in [4.69, 9.17) is 0 Å². The molecule has 0 atom stereocenters. The number of nitrogens with zero attached hydrogens (tertiary/aromatic N) is 1. The Balaban J connectivity index is 0.927. The minimum atomic E-state index is -0.474. The van der Waals surface area contributed by atoms with Crippen LogP contribution in [0, 0.1) is 0 Å². The van der Waals surface area contributed by atoms with Gasteiger partial charge in [0.1, 0.15) is 0 Å². The van der Waals surface area contributed by atoms with Gasteiger partial charge in [-0.25, -0.2) is 0 Å². The molecule has 13 rings (SSSR count). The van der Waals surface area contributed by atoms with Crippen LogP contribution in [0.3, 0.4) is 0 Å². The first kappa shape index (κ1) is 41.2. The van der Waals surface area contributed by atoms with Gasteiger partial charge in [-0.05, 0) is 136 Å². The molecule has 12 aromatic rings. The van der Waals surface area contributed by atoms with E-state index in [9.17, 15) is 0 Å². The fourth-order valence-corrected chi connectivity index (χ4v) is 11.4. The van der Waals surface area contributed by atoms with Gasteiger partial charge in [-0.3, -0.25) is 0 Å². The third-order valence-electron chi connectivity index (χ3n) is 14.6. The Morgan fingerprint density at radius 3 is 1.26 bits per heavy atom. The maximum atomic E-state index is 2.40. The fraction of sp³-hybridized carbons (Fsp3) is 0.0145. The summed E-state index contributed by atoms with van der Waals surface area (Å²) in [5, 5.41) is 5.02. The molecule has 0 bridgehead atoms. The van der Waals surface area contributed by atoms with Crippen LogP contribution >= 0.6 is 0 Å². The second-order valence-corrected chi connectivity index (χ2v) is 18.4. The zero-order chi connectivity index (χ0) is 46.4. The van der Waals surface area contributed by atoms with Crippen LogP contribution < -0.4 is 4.90 Å². The van der Waals surface area contributed by atoms with Crippen LogP contribution in [-0.4, -0.2) is 0 Å². The van der Waals surface area contributed by atoms with Crippen molar-refractivity contribution >= 4 is 38.6 Å². The lowest BCUT2D eigenvalue weighted by Crippen LogP contribution is -2.28. The summed E-state index contributed by atoms with van der Waals surface area (Å²) in [6.45, 7) is 0. The molecule has 328 valence electrons. The van der Waals surface area contributed by atoms with E-state index in [1.165, 1.54) is 99.4 Å². The number of fused-ring (bicyclic) bond motifs is 5. The number of anilines is 3. The highest BCUT2D eigenvalue weighted by Gasteiger charge is 2.46. The van der Waals surface area contributed by atoms with Crippen molar-refractivity contribution in [3.8, 4) is 55.6 Å². The Morgan fingerprint density at radius 2 is 0.657 bits per heavy atom. The maximum absolute atomic E-state index is 2.40. The van der Waals surface area contributed by atoms with Crippen LogP contribution in [0.5, 0.6) is 0 Å². The lowest BCUT2D eigenvalue weighted by atomic mass is 9.67. The van der Waals surface area contributed by atoms with Crippen LogP contribution in [-0.2, 0) is 5.41 Å². The largest absolute Gasteiger partial charge is 0.310 e. The minimum Gasteiger partial charge on any atom is -0.310 e. The van der Waals surface area contributed by atoms with Crippen molar-refractivity contribution in [2.24, 2.45) is 0 Å². The number of benzene rings is 12. The smallest absolute Gasteiger partial charge is 0.0713 e. The van der Waals surface area contributed by atoms with Crippen LogP contribution in [0.1, 0.15) is 22.3 Å². The fourth-order valence-electron chi connectivity index (χ4n) is 11.4. The summed E-state index contributed by atoms with van der Waals surface area (Å²) >= 11 is 0. The summed E-state index contributed by atoms with van der Waals surface area (Å²) in [6.07, 6.45) is 0. The molecule has 12 aromatic carbocycles. The first-order valence-corrected chi connectivity index (χ1v) is 24.2. The van der Waals surface area contributed by atoms with Crippen molar-refractivity contribution in [2.75, 3.05) is 4.90 Å². The number of hydrogen-bond donors (Lipinski definition) is 0. The predicted molar refractivity (Wildman–Crippen MR) is 295 cm³/mol. The molecule has 1 heteroatoms. The SMILES string of the molecule is c1ccc(C2(c3ccccc3)c3ccccc3-c3c(-c4cccc(N(c5ccc(-c6ccc(-c7cccc8ccccc78)cc6)cc5)c5ccc(-c6cccc7ccccc67)cc5)c4)cccc32)cc1. The molecule has 0 fully saturated rings. The molecule has 0 aliphatic heterocycles. The Kier molecular flexibility index (Phi) is 10.1. The molecule has 1 nitrogen and oxygen atoms in total. The zero-order valence-corrected chi connectivity index (χ0v) is 38.6. The average Bonchev–Trinajstić information content (AvgIpc) is 3.75. The molecule has 70 heavy (non-hydrogen) atoms. The summed E-state index contributed by atoms with van der Waals surface area (Å²) in [5.74, 6) is 0. The van der Waals surface area contributed by atoms with Crippen molar-refractivity contribution in [1.82, 2.24) is 0 Å². The molecule has 0 amide bonds. The van der Waals surface area contributed by atoms with Crippen LogP contribution in [0.15, 0.2) is 285 Å². The molecule has 1 aliphatic carbocycles. The molecule has 0 spiro atoms. The number of rotatable bonds is 9. The first-order valence-electron chi connectivity index (χ1n) is 24.2. The molecule has 0 unspecified atom stereocenters. The zero-order valence-electron chi connectivity index (χ0n) is 38.6. The molecule has 0 aromatic heterocycles. The van der Waals surface area contributed by atoms with Gasteiger partial charge in [-0.2, -0.15) is 0 Å². The van der Waals surface area contributed by atoms with Crippen LogP contribution in [0.25, 0.3) is 77.2 Å². The monoisotopic (exact) mass is 889 g/mol. The maximum Gasteiger partial charge on any atom is 0.0713 e. The normalized spacial score (nSPS) is 12.4. The second kappa shape index (κ2) is 17.2. The highest BCUT2D eigenvalue weighted by Crippen LogP contribution is 2.58. The van der Waals surface area contributed by atoms with E-state index in [-0.39, 0.29) is 0 Å². The topological polar surface area (TPSA) is 3.24 Å². The third-order valence-corrected chi connectivity index (χ3v) is 14.6. The van der Waals surface area contributed by atoms with Gasteiger partial charge in [0.25, 0.3) is 0 Å². The summed E-state index contributed by atoms with van der Waals surface area (Å²) in [7, 11) is 0. The molecular formula is C69H47N. The summed E-state index contributed by atoms with van der Waals surface area (Å²) in [5.41, 5.74) is 20.1. The quantitative estimate of drug-likeness (QED) is 0.140. The van der Waals surface area contributed by atoms with Gasteiger partial charge in [-0.1, -0.05) is 249 Å². The van der Waals surface area contributed by atoms with Gasteiger partial charge >= 0.3 is 0 Å². The van der Waals surface area contributed by atoms with Crippen molar-refractivity contribution in [3.63, 3.8) is 0 Å². The lowest BCUT2D eigenvalue weighted by molar-refractivity contribution is 0.768. The highest BCUT2D eigenvalue weighted by molar-refractivity contribution is 5.99. The molecule has 0 saturated heterocycles. The summed E-state index contributed by atoms with van der Waals surface area (Å²) in [6, 6.07) is 105. The third kappa shape index (κ3) is 6.86. The Labute approximate surface area is 409 Å². The van der Waals surface area contributed by atoms with E-state index in [0.717, 1.165) is 17.1 Å². The minimum absolute atomic E-state index is 0.474. The van der Waals surface area contributed by atoms with E-state index in [2.05, 4.69) is 290 Å². The summed E-state index contributed by atoms with van der Waals surface area (Å²) < 4.78 is 0. The van der Waals surface area contributed by atoms with Crippen LogP contribution in [0.2, 0.25) is 0 Å². The van der Waals surface area contributed by atoms with E-state index < -0.39 is 5.41 Å². The van der Waals surface area contributed by atoms with Crippen molar-refractivity contribution in [3.05, 3.63) is 307 Å². The first-order chi connectivity index (χ1) is 34.7. The van der Waals surface area contributed by atoms with Gasteiger partial charge in [0, 0.05) is 17.1 Å². The Hall–Kier alpha value is -9.04.